The SMILES string of the molecule is CC[C@@H](OC(=O)[C@@H]1CC(=O)N(NC(=O)c2ccc(C)cc2)C1)C(=O)c1ccccc1. The van der Waals surface area contributed by atoms with E-state index < -0.39 is 23.9 Å². The molecule has 156 valence electrons. The highest BCUT2D eigenvalue weighted by atomic mass is 16.5. The molecule has 0 spiro atoms. The summed E-state index contributed by atoms with van der Waals surface area (Å²) in [5.74, 6) is -2.44. The van der Waals surface area contributed by atoms with Crippen molar-refractivity contribution >= 4 is 23.6 Å². The molecule has 7 nitrogen and oxygen atoms in total. The van der Waals surface area contributed by atoms with Crippen LogP contribution in [0.1, 0.15) is 46.0 Å². The molecule has 2 aromatic carbocycles. The number of hydrogen-bond donors (Lipinski definition) is 1. The molecule has 7 heteroatoms. The molecule has 1 aliphatic rings. The number of Topliss-reactive ketones (excluding diaryl/α,β-unsaturated/α-hetero) is 1. The Balaban J connectivity index is 1.59. The van der Waals surface area contributed by atoms with Crippen LogP contribution in [0.2, 0.25) is 0 Å². The van der Waals surface area contributed by atoms with E-state index in [0.29, 0.717) is 17.5 Å². The zero-order valence-electron chi connectivity index (χ0n) is 17.0. The van der Waals surface area contributed by atoms with Crippen LogP contribution in [0, 0.1) is 12.8 Å². The summed E-state index contributed by atoms with van der Waals surface area (Å²) in [6.45, 7) is 3.67. The molecule has 0 saturated carbocycles. The van der Waals surface area contributed by atoms with Gasteiger partial charge in [-0.15, -0.1) is 0 Å². The molecule has 1 heterocycles. The number of rotatable bonds is 7. The summed E-state index contributed by atoms with van der Waals surface area (Å²) < 4.78 is 5.42. The van der Waals surface area contributed by atoms with Crippen LogP contribution < -0.4 is 5.43 Å². The molecule has 0 radical (unpaired) electrons. The van der Waals surface area contributed by atoms with Crippen LogP contribution in [-0.2, 0) is 14.3 Å². The number of carbonyl (C=O) groups excluding carboxylic acids is 4. The smallest absolute Gasteiger partial charge is 0.312 e. The standard InChI is InChI=1S/C23H24N2O5/c1-3-19(21(27)16-7-5-4-6-8-16)30-23(29)18-13-20(26)25(14-18)24-22(28)17-11-9-15(2)10-12-17/h4-12,18-19H,3,13-14H2,1-2H3,(H,24,28)/t18-,19-/m1/s1. The van der Waals surface area contributed by atoms with Crippen molar-refractivity contribution in [2.45, 2.75) is 32.8 Å². The van der Waals surface area contributed by atoms with E-state index in [1.54, 1.807) is 61.5 Å². The van der Waals surface area contributed by atoms with Gasteiger partial charge in [0.2, 0.25) is 11.7 Å². The second kappa shape index (κ2) is 9.35. The van der Waals surface area contributed by atoms with E-state index in [0.717, 1.165) is 10.6 Å². The summed E-state index contributed by atoms with van der Waals surface area (Å²) >= 11 is 0. The number of ketones is 1. The molecule has 2 atom stereocenters. The van der Waals surface area contributed by atoms with Crippen LogP contribution in [0.3, 0.4) is 0 Å². The Kier molecular flexibility index (Phi) is 6.61. The highest BCUT2D eigenvalue weighted by molar-refractivity contribution is 6.01. The van der Waals surface area contributed by atoms with Crippen molar-refractivity contribution in [3.05, 3.63) is 71.3 Å². The van der Waals surface area contributed by atoms with Gasteiger partial charge in [-0.05, 0) is 25.5 Å². The Hall–Kier alpha value is -3.48. The van der Waals surface area contributed by atoms with Crippen LogP contribution in [0.4, 0.5) is 0 Å². The number of nitrogens with zero attached hydrogens (tertiary/aromatic N) is 1. The number of nitrogens with one attached hydrogen (secondary N) is 1. The first-order chi connectivity index (χ1) is 14.4. The third-order valence-corrected chi connectivity index (χ3v) is 4.99. The maximum atomic E-state index is 12.6. The summed E-state index contributed by atoms with van der Waals surface area (Å²) in [7, 11) is 0. The number of hydrogen-bond acceptors (Lipinski definition) is 5. The number of benzene rings is 2. The minimum atomic E-state index is -0.911. The summed E-state index contributed by atoms with van der Waals surface area (Å²) in [5, 5.41) is 1.13. The molecule has 2 amide bonds. The van der Waals surface area contributed by atoms with Crippen molar-refractivity contribution in [3.63, 3.8) is 0 Å². The quantitative estimate of drug-likeness (QED) is 0.562. The number of esters is 1. The molecule has 0 aromatic heterocycles. The zero-order valence-corrected chi connectivity index (χ0v) is 17.0. The Morgan fingerprint density at radius 1 is 1.07 bits per heavy atom. The summed E-state index contributed by atoms with van der Waals surface area (Å²) in [4.78, 5) is 49.7. The van der Waals surface area contributed by atoms with Gasteiger partial charge in [0.1, 0.15) is 0 Å². The van der Waals surface area contributed by atoms with Gasteiger partial charge in [0, 0.05) is 17.5 Å². The van der Waals surface area contributed by atoms with E-state index in [-0.39, 0.29) is 24.7 Å². The molecule has 3 rings (SSSR count). The van der Waals surface area contributed by atoms with Crippen molar-refractivity contribution < 1.29 is 23.9 Å². The van der Waals surface area contributed by atoms with Crippen molar-refractivity contribution in [2.75, 3.05) is 6.54 Å². The molecule has 1 saturated heterocycles. The number of ether oxygens (including phenoxy) is 1. The van der Waals surface area contributed by atoms with Gasteiger partial charge in [0.25, 0.3) is 5.91 Å². The number of carbonyl (C=O) groups is 4. The van der Waals surface area contributed by atoms with Crippen molar-refractivity contribution in [2.24, 2.45) is 5.92 Å². The Morgan fingerprint density at radius 2 is 1.73 bits per heavy atom. The fraction of sp³-hybridized carbons (Fsp3) is 0.304. The first kappa shape index (κ1) is 21.2. The Bertz CT molecular complexity index is 940. The van der Waals surface area contributed by atoms with Gasteiger partial charge < -0.3 is 4.74 Å². The molecule has 1 fully saturated rings. The molecule has 0 aliphatic carbocycles. The maximum absolute atomic E-state index is 12.6. The highest BCUT2D eigenvalue weighted by Gasteiger charge is 2.38. The predicted octanol–water partition coefficient (Wildman–Crippen LogP) is 2.69. The first-order valence-corrected chi connectivity index (χ1v) is 9.86. The van der Waals surface area contributed by atoms with E-state index in [2.05, 4.69) is 5.43 Å². The number of hydrazine groups is 1. The molecule has 0 unspecified atom stereocenters. The number of amides is 2. The minimum Gasteiger partial charge on any atom is -0.454 e. The van der Waals surface area contributed by atoms with Gasteiger partial charge in [-0.25, -0.2) is 0 Å². The lowest BCUT2D eigenvalue weighted by Gasteiger charge is -2.19. The van der Waals surface area contributed by atoms with Crippen molar-refractivity contribution in [1.82, 2.24) is 10.4 Å². The van der Waals surface area contributed by atoms with E-state index in [1.807, 2.05) is 6.92 Å². The monoisotopic (exact) mass is 408 g/mol. The normalized spacial score (nSPS) is 16.8. The van der Waals surface area contributed by atoms with E-state index in [9.17, 15) is 19.2 Å². The molecule has 2 aromatic rings. The van der Waals surface area contributed by atoms with Crippen LogP contribution >= 0.6 is 0 Å². The van der Waals surface area contributed by atoms with Crippen molar-refractivity contribution in [3.8, 4) is 0 Å². The molecule has 0 bridgehead atoms. The van der Waals surface area contributed by atoms with Gasteiger partial charge in [0.05, 0.1) is 12.5 Å². The third kappa shape index (κ3) is 4.92. The van der Waals surface area contributed by atoms with E-state index in [1.165, 1.54) is 0 Å². The molecule has 1 N–H and O–H groups in total. The molecular weight excluding hydrogens is 384 g/mol. The fourth-order valence-corrected chi connectivity index (χ4v) is 3.21. The van der Waals surface area contributed by atoms with Crippen molar-refractivity contribution in [1.29, 1.82) is 0 Å². The van der Waals surface area contributed by atoms with Gasteiger partial charge in [0.15, 0.2) is 6.10 Å². The average Bonchev–Trinajstić information content (AvgIpc) is 3.12. The van der Waals surface area contributed by atoms with E-state index in [4.69, 9.17) is 4.74 Å². The number of aryl methyl sites for hydroxylation is 1. The van der Waals surface area contributed by atoms with Crippen LogP contribution in [-0.4, -0.2) is 41.2 Å². The highest BCUT2D eigenvalue weighted by Crippen LogP contribution is 2.20. The minimum absolute atomic E-state index is 0.00519. The Morgan fingerprint density at radius 3 is 2.37 bits per heavy atom. The average molecular weight is 408 g/mol. The van der Waals surface area contributed by atoms with Crippen LogP contribution in [0.15, 0.2) is 54.6 Å². The summed E-state index contributed by atoms with van der Waals surface area (Å²) in [6.07, 6.45) is -0.664. The zero-order chi connectivity index (χ0) is 21.7. The lowest BCUT2D eigenvalue weighted by molar-refractivity contribution is -0.151. The Labute approximate surface area is 175 Å². The summed E-state index contributed by atoms with van der Waals surface area (Å²) in [5.41, 5.74) is 4.43. The third-order valence-electron chi connectivity index (χ3n) is 4.99. The van der Waals surface area contributed by atoms with Gasteiger partial charge in [-0.3, -0.25) is 29.6 Å². The van der Waals surface area contributed by atoms with Crippen LogP contribution in [0.25, 0.3) is 0 Å². The molecular formula is C23H24N2O5. The molecule has 30 heavy (non-hydrogen) atoms. The second-order valence-corrected chi connectivity index (χ2v) is 7.28. The van der Waals surface area contributed by atoms with E-state index >= 15 is 0 Å². The van der Waals surface area contributed by atoms with Gasteiger partial charge in [-0.2, -0.15) is 0 Å². The first-order valence-electron chi connectivity index (χ1n) is 9.86. The summed E-state index contributed by atoms with van der Waals surface area (Å²) in [6, 6.07) is 15.5. The fourth-order valence-electron chi connectivity index (χ4n) is 3.21. The second-order valence-electron chi connectivity index (χ2n) is 7.28. The lowest BCUT2D eigenvalue weighted by atomic mass is 10.0. The van der Waals surface area contributed by atoms with Gasteiger partial charge >= 0.3 is 5.97 Å². The van der Waals surface area contributed by atoms with Gasteiger partial charge in [-0.1, -0.05) is 55.0 Å². The van der Waals surface area contributed by atoms with Crippen LogP contribution in [0.5, 0.6) is 0 Å². The maximum Gasteiger partial charge on any atom is 0.312 e. The largest absolute Gasteiger partial charge is 0.454 e. The topological polar surface area (TPSA) is 92.8 Å². The molecule has 1 aliphatic heterocycles. The lowest BCUT2D eigenvalue weighted by Crippen LogP contribution is -2.43. The predicted molar refractivity (Wildman–Crippen MR) is 109 cm³/mol.